The molecule has 0 bridgehead atoms. The Bertz CT molecular complexity index is 856. The standard InChI is InChI=1S/C13H13ClFN7/c1-20-2-4-21(5-3-20)12-13-17-18-19-22(13)11-6-8(14)9(15)7-10(11)16-12/h6-7H,2-5H2,1H3. The SMILES string of the molecule is CN1CCN(c2nc3cc(F)c(Cl)cc3n3nnnc23)CC1. The molecule has 0 atom stereocenters. The van der Waals surface area contributed by atoms with Gasteiger partial charge in [-0.05, 0) is 23.5 Å². The molecule has 1 fully saturated rings. The molecular weight excluding hydrogens is 309 g/mol. The van der Waals surface area contributed by atoms with Gasteiger partial charge in [0.1, 0.15) is 5.82 Å². The molecule has 2 aromatic heterocycles. The van der Waals surface area contributed by atoms with E-state index in [0.717, 1.165) is 26.2 Å². The Labute approximate surface area is 130 Å². The summed E-state index contributed by atoms with van der Waals surface area (Å²) in [6.07, 6.45) is 0. The van der Waals surface area contributed by atoms with Crippen LogP contribution in [0.15, 0.2) is 12.1 Å². The summed E-state index contributed by atoms with van der Waals surface area (Å²) < 4.78 is 15.3. The van der Waals surface area contributed by atoms with Gasteiger partial charge < -0.3 is 9.80 Å². The van der Waals surface area contributed by atoms with Crippen LogP contribution in [0, 0.1) is 5.82 Å². The van der Waals surface area contributed by atoms with Crippen LogP contribution in [-0.2, 0) is 0 Å². The minimum absolute atomic E-state index is 0.0263. The van der Waals surface area contributed by atoms with Crippen molar-refractivity contribution in [3.63, 3.8) is 0 Å². The van der Waals surface area contributed by atoms with E-state index in [1.54, 1.807) is 4.52 Å². The molecule has 9 heteroatoms. The van der Waals surface area contributed by atoms with E-state index >= 15 is 0 Å². The van der Waals surface area contributed by atoms with Crippen LogP contribution in [0.3, 0.4) is 0 Å². The molecule has 22 heavy (non-hydrogen) atoms. The smallest absolute Gasteiger partial charge is 0.222 e. The molecule has 1 aliphatic heterocycles. The lowest BCUT2D eigenvalue weighted by molar-refractivity contribution is 0.312. The van der Waals surface area contributed by atoms with Crippen LogP contribution < -0.4 is 4.90 Å². The van der Waals surface area contributed by atoms with Crippen molar-refractivity contribution in [2.75, 3.05) is 38.1 Å². The van der Waals surface area contributed by atoms with Crippen LogP contribution in [-0.4, -0.2) is 63.2 Å². The Balaban J connectivity index is 1.93. The number of hydrogen-bond donors (Lipinski definition) is 0. The molecule has 0 aliphatic carbocycles. The Morgan fingerprint density at radius 3 is 2.73 bits per heavy atom. The highest BCUT2D eigenvalue weighted by Gasteiger charge is 2.21. The topological polar surface area (TPSA) is 62.5 Å². The minimum Gasteiger partial charge on any atom is -0.351 e. The third kappa shape index (κ3) is 2.06. The van der Waals surface area contributed by atoms with Gasteiger partial charge in [-0.3, -0.25) is 0 Å². The fraction of sp³-hybridized carbons (Fsp3) is 0.385. The Kier molecular flexibility index (Phi) is 3.08. The molecule has 0 saturated carbocycles. The molecule has 3 aromatic rings. The normalized spacial score (nSPS) is 16.8. The maximum Gasteiger partial charge on any atom is 0.222 e. The number of benzene rings is 1. The lowest BCUT2D eigenvalue weighted by Crippen LogP contribution is -2.45. The zero-order chi connectivity index (χ0) is 15.3. The first-order chi connectivity index (χ1) is 10.6. The van der Waals surface area contributed by atoms with Crippen molar-refractivity contribution in [2.24, 2.45) is 0 Å². The summed E-state index contributed by atoms with van der Waals surface area (Å²) in [7, 11) is 2.08. The average Bonchev–Trinajstić information content (AvgIpc) is 2.99. The number of halogens is 2. The van der Waals surface area contributed by atoms with E-state index < -0.39 is 5.82 Å². The van der Waals surface area contributed by atoms with E-state index in [2.05, 4.69) is 37.4 Å². The van der Waals surface area contributed by atoms with Crippen LogP contribution in [0.1, 0.15) is 0 Å². The second-order valence-electron chi connectivity index (χ2n) is 5.40. The van der Waals surface area contributed by atoms with E-state index in [0.29, 0.717) is 22.5 Å². The number of aromatic nitrogens is 5. The predicted octanol–water partition coefficient (Wildman–Crippen LogP) is 1.22. The molecule has 0 spiro atoms. The fourth-order valence-corrected chi connectivity index (χ4v) is 2.83. The zero-order valence-electron chi connectivity index (χ0n) is 11.9. The number of piperazine rings is 1. The summed E-state index contributed by atoms with van der Waals surface area (Å²) >= 11 is 5.86. The summed E-state index contributed by atoms with van der Waals surface area (Å²) in [5.74, 6) is 0.172. The van der Waals surface area contributed by atoms with Gasteiger partial charge in [0, 0.05) is 32.2 Å². The third-order valence-electron chi connectivity index (χ3n) is 3.94. The van der Waals surface area contributed by atoms with Gasteiger partial charge in [0.05, 0.1) is 16.1 Å². The van der Waals surface area contributed by atoms with Crippen LogP contribution >= 0.6 is 11.6 Å². The number of hydrogen-bond acceptors (Lipinski definition) is 6. The second-order valence-corrected chi connectivity index (χ2v) is 5.80. The summed E-state index contributed by atoms with van der Waals surface area (Å²) in [5.41, 5.74) is 1.62. The second kappa shape index (κ2) is 4.99. The van der Waals surface area contributed by atoms with Crippen molar-refractivity contribution in [1.29, 1.82) is 0 Å². The average molecular weight is 322 g/mol. The summed E-state index contributed by atoms with van der Waals surface area (Å²) in [4.78, 5) is 8.94. The summed E-state index contributed by atoms with van der Waals surface area (Å²) in [6.45, 7) is 3.52. The lowest BCUT2D eigenvalue weighted by atomic mass is 10.2. The van der Waals surface area contributed by atoms with Crippen molar-refractivity contribution >= 4 is 34.1 Å². The number of rotatable bonds is 1. The van der Waals surface area contributed by atoms with Crippen molar-refractivity contribution < 1.29 is 4.39 Å². The first-order valence-corrected chi connectivity index (χ1v) is 7.31. The minimum atomic E-state index is -0.501. The van der Waals surface area contributed by atoms with Gasteiger partial charge in [0.2, 0.25) is 5.65 Å². The molecule has 0 radical (unpaired) electrons. The van der Waals surface area contributed by atoms with Crippen LogP contribution in [0.25, 0.3) is 16.7 Å². The third-order valence-corrected chi connectivity index (χ3v) is 4.23. The molecule has 1 aliphatic rings. The van der Waals surface area contributed by atoms with Gasteiger partial charge in [0.15, 0.2) is 5.82 Å². The number of tetrazole rings is 1. The van der Waals surface area contributed by atoms with Gasteiger partial charge in [-0.25, -0.2) is 9.37 Å². The first kappa shape index (κ1) is 13.6. The molecule has 3 heterocycles. The molecule has 1 aromatic carbocycles. The Morgan fingerprint density at radius 2 is 1.95 bits per heavy atom. The van der Waals surface area contributed by atoms with Crippen molar-refractivity contribution in [2.45, 2.75) is 0 Å². The maximum absolute atomic E-state index is 13.7. The largest absolute Gasteiger partial charge is 0.351 e. The molecule has 1 saturated heterocycles. The highest BCUT2D eigenvalue weighted by molar-refractivity contribution is 6.31. The van der Waals surface area contributed by atoms with Crippen molar-refractivity contribution in [1.82, 2.24) is 29.9 Å². The van der Waals surface area contributed by atoms with Crippen molar-refractivity contribution in [3.8, 4) is 0 Å². The van der Waals surface area contributed by atoms with Crippen LogP contribution in [0.5, 0.6) is 0 Å². The lowest BCUT2D eigenvalue weighted by Gasteiger charge is -2.33. The highest BCUT2D eigenvalue weighted by Crippen LogP contribution is 2.26. The van der Waals surface area contributed by atoms with Gasteiger partial charge >= 0.3 is 0 Å². The molecular formula is C13H13ClFN7. The van der Waals surface area contributed by atoms with E-state index in [1.165, 1.54) is 12.1 Å². The Morgan fingerprint density at radius 1 is 1.18 bits per heavy atom. The first-order valence-electron chi connectivity index (χ1n) is 6.94. The number of likely N-dealkylation sites (N-methyl/N-ethyl adjacent to an activating group) is 1. The van der Waals surface area contributed by atoms with E-state index in [4.69, 9.17) is 11.6 Å². The van der Waals surface area contributed by atoms with Gasteiger partial charge in [0.25, 0.3) is 0 Å². The Hall–Kier alpha value is -2.06. The van der Waals surface area contributed by atoms with Crippen molar-refractivity contribution in [3.05, 3.63) is 23.0 Å². The van der Waals surface area contributed by atoms with Crippen LogP contribution in [0.4, 0.5) is 10.2 Å². The monoisotopic (exact) mass is 321 g/mol. The molecule has 7 nitrogen and oxygen atoms in total. The van der Waals surface area contributed by atoms with E-state index in [-0.39, 0.29) is 5.02 Å². The molecule has 114 valence electrons. The molecule has 0 N–H and O–H groups in total. The molecule has 0 unspecified atom stereocenters. The quantitative estimate of drug-likeness (QED) is 0.671. The highest BCUT2D eigenvalue weighted by atomic mass is 35.5. The maximum atomic E-state index is 13.7. The molecule has 4 rings (SSSR count). The van der Waals surface area contributed by atoms with Gasteiger partial charge in [-0.2, -0.15) is 4.52 Å². The molecule has 0 amide bonds. The summed E-state index contributed by atoms with van der Waals surface area (Å²) in [5, 5.41) is 11.8. The number of nitrogens with zero attached hydrogens (tertiary/aromatic N) is 7. The van der Waals surface area contributed by atoms with Crippen LogP contribution in [0.2, 0.25) is 5.02 Å². The van der Waals surface area contributed by atoms with Gasteiger partial charge in [-0.15, -0.1) is 5.10 Å². The fourth-order valence-electron chi connectivity index (χ4n) is 2.67. The number of anilines is 1. The van der Waals surface area contributed by atoms with E-state index in [1.807, 2.05) is 0 Å². The number of fused-ring (bicyclic) bond motifs is 3. The van der Waals surface area contributed by atoms with Gasteiger partial charge in [-0.1, -0.05) is 11.6 Å². The van der Waals surface area contributed by atoms with E-state index in [9.17, 15) is 4.39 Å². The predicted molar refractivity (Wildman–Crippen MR) is 80.8 cm³/mol. The zero-order valence-corrected chi connectivity index (χ0v) is 12.6. The summed E-state index contributed by atoms with van der Waals surface area (Å²) in [6, 6.07) is 2.81.